The third kappa shape index (κ3) is 3.35. The second kappa shape index (κ2) is 7.36. The van der Waals surface area contributed by atoms with E-state index in [1.54, 1.807) is 55.4 Å². The highest BCUT2D eigenvalue weighted by molar-refractivity contribution is 5.58. The quantitative estimate of drug-likeness (QED) is 0.529. The van der Waals surface area contributed by atoms with Crippen LogP contribution in [0.2, 0.25) is 0 Å². The molecule has 0 fully saturated rings. The lowest BCUT2D eigenvalue weighted by Crippen LogP contribution is -2.12. The van der Waals surface area contributed by atoms with Gasteiger partial charge in [-0.15, -0.1) is 0 Å². The molecule has 0 atom stereocenters. The summed E-state index contributed by atoms with van der Waals surface area (Å²) in [5.41, 5.74) is 1.22. The number of benzene rings is 2. The van der Waals surface area contributed by atoms with E-state index in [4.69, 9.17) is 14.0 Å². The van der Waals surface area contributed by atoms with E-state index in [1.165, 1.54) is 6.07 Å². The highest BCUT2D eigenvalue weighted by atomic mass is 16.5. The van der Waals surface area contributed by atoms with Crippen molar-refractivity contribution in [1.29, 1.82) is 0 Å². The molecule has 8 nitrogen and oxygen atoms in total. The van der Waals surface area contributed by atoms with Crippen molar-refractivity contribution < 1.29 is 14.0 Å². The van der Waals surface area contributed by atoms with E-state index in [0.717, 1.165) is 17.0 Å². The minimum Gasteiger partial charge on any atom is -0.497 e. The molecule has 8 heteroatoms. The van der Waals surface area contributed by atoms with E-state index < -0.39 is 0 Å². The van der Waals surface area contributed by atoms with Gasteiger partial charge < -0.3 is 14.0 Å². The number of ether oxygens (including phenoxy) is 2. The van der Waals surface area contributed by atoms with Crippen LogP contribution in [0.4, 0.5) is 0 Å². The fourth-order valence-electron chi connectivity index (χ4n) is 2.63. The summed E-state index contributed by atoms with van der Waals surface area (Å²) in [5, 5.41) is 8.31. The van der Waals surface area contributed by atoms with Crippen molar-refractivity contribution >= 4 is 0 Å². The van der Waals surface area contributed by atoms with Gasteiger partial charge in [-0.25, -0.2) is 4.68 Å². The number of nitrogens with zero attached hydrogens (tertiary/aromatic N) is 4. The van der Waals surface area contributed by atoms with Gasteiger partial charge in [-0.2, -0.15) is 10.1 Å². The van der Waals surface area contributed by atoms with Crippen molar-refractivity contribution in [1.82, 2.24) is 19.9 Å². The third-order valence-corrected chi connectivity index (χ3v) is 4.10. The summed E-state index contributed by atoms with van der Waals surface area (Å²) in [4.78, 5) is 16.6. The number of aromatic nitrogens is 4. The first kappa shape index (κ1) is 17.5. The summed E-state index contributed by atoms with van der Waals surface area (Å²) < 4.78 is 17.2. The Morgan fingerprint density at radius 1 is 0.964 bits per heavy atom. The summed E-state index contributed by atoms with van der Waals surface area (Å²) in [7, 11) is 3.18. The Morgan fingerprint density at radius 2 is 1.75 bits per heavy atom. The molecule has 0 aliphatic rings. The third-order valence-electron chi connectivity index (χ3n) is 4.10. The van der Waals surface area contributed by atoms with Gasteiger partial charge in [0.25, 0.3) is 5.89 Å². The molecule has 0 bridgehead atoms. The van der Waals surface area contributed by atoms with Crippen LogP contribution in [0.15, 0.2) is 70.1 Å². The summed E-state index contributed by atoms with van der Waals surface area (Å²) in [6.45, 7) is 0. The Morgan fingerprint density at radius 3 is 2.50 bits per heavy atom. The monoisotopic (exact) mass is 376 g/mol. The van der Waals surface area contributed by atoms with Gasteiger partial charge in [0.2, 0.25) is 11.3 Å². The molecule has 2 heterocycles. The van der Waals surface area contributed by atoms with E-state index >= 15 is 0 Å². The summed E-state index contributed by atoms with van der Waals surface area (Å²) in [5.74, 6) is 1.81. The molecule has 140 valence electrons. The van der Waals surface area contributed by atoms with Crippen LogP contribution in [0.25, 0.3) is 28.7 Å². The molecule has 0 radical (unpaired) electrons. The Hall–Kier alpha value is -3.94. The van der Waals surface area contributed by atoms with Crippen molar-refractivity contribution in [2.45, 2.75) is 0 Å². The van der Waals surface area contributed by atoms with Gasteiger partial charge in [0, 0.05) is 23.9 Å². The van der Waals surface area contributed by atoms with E-state index in [2.05, 4.69) is 15.2 Å². The van der Waals surface area contributed by atoms with Crippen LogP contribution in [0, 0.1) is 0 Å². The topological polar surface area (TPSA) is 92.3 Å². The molecular formula is C20H16N4O4. The zero-order valence-corrected chi connectivity index (χ0v) is 15.2. The Bertz CT molecular complexity index is 1170. The zero-order chi connectivity index (χ0) is 19.5. The lowest BCUT2D eigenvalue weighted by molar-refractivity contribution is 0.414. The standard InChI is InChI=1S/C20H16N4O4/c1-26-15-8-6-13(7-9-15)19-21-20(28-23-19)18-17(25)10-11-24(22-18)14-4-3-5-16(12-14)27-2/h3-12H,1-2H3. The average Bonchev–Trinajstić information content (AvgIpc) is 3.24. The van der Waals surface area contributed by atoms with Crippen LogP contribution in [-0.2, 0) is 0 Å². The molecule has 0 saturated carbocycles. The van der Waals surface area contributed by atoms with Crippen LogP contribution < -0.4 is 14.9 Å². The first-order valence-electron chi connectivity index (χ1n) is 8.41. The second-order valence-corrected chi connectivity index (χ2v) is 5.83. The Kier molecular flexibility index (Phi) is 4.59. The maximum Gasteiger partial charge on any atom is 0.282 e. The van der Waals surface area contributed by atoms with Gasteiger partial charge in [0.15, 0.2) is 5.69 Å². The molecule has 0 aliphatic carbocycles. The summed E-state index contributed by atoms with van der Waals surface area (Å²) >= 11 is 0. The highest BCUT2D eigenvalue weighted by Gasteiger charge is 2.16. The lowest BCUT2D eigenvalue weighted by atomic mass is 10.2. The van der Waals surface area contributed by atoms with Gasteiger partial charge >= 0.3 is 0 Å². The van der Waals surface area contributed by atoms with Crippen molar-refractivity contribution in [3.8, 4) is 40.2 Å². The van der Waals surface area contributed by atoms with Crippen molar-refractivity contribution in [2.24, 2.45) is 0 Å². The fourth-order valence-corrected chi connectivity index (χ4v) is 2.63. The molecule has 2 aromatic carbocycles. The van der Waals surface area contributed by atoms with Gasteiger partial charge in [-0.05, 0) is 36.4 Å². The molecule has 4 aromatic rings. The predicted octanol–water partition coefficient (Wildman–Crippen LogP) is 2.97. The van der Waals surface area contributed by atoms with Gasteiger partial charge in [0.05, 0.1) is 19.9 Å². The zero-order valence-electron chi connectivity index (χ0n) is 15.2. The lowest BCUT2D eigenvalue weighted by Gasteiger charge is -2.07. The molecule has 4 rings (SSSR count). The SMILES string of the molecule is COc1ccc(-c2noc(-c3nn(-c4cccc(OC)c4)ccc3=O)n2)cc1. The van der Waals surface area contributed by atoms with Crippen LogP contribution in [-0.4, -0.2) is 34.1 Å². The van der Waals surface area contributed by atoms with Crippen LogP contribution in [0.3, 0.4) is 0 Å². The molecule has 0 unspecified atom stereocenters. The van der Waals surface area contributed by atoms with E-state index in [-0.39, 0.29) is 17.0 Å². The Labute approximate surface area is 160 Å². The number of hydrogen-bond acceptors (Lipinski definition) is 7. The maximum atomic E-state index is 12.3. The fraction of sp³-hybridized carbons (Fsp3) is 0.100. The number of rotatable bonds is 5. The van der Waals surface area contributed by atoms with Crippen LogP contribution >= 0.6 is 0 Å². The molecule has 2 aromatic heterocycles. The largest absolute Gasteiger partial charge is 0.497 e. The van der Waals surface area contributed by atoms with E-state index in [9.17, 15) is 4.79 Å². The first-order chi connectivity index (χ1) is 13.7. The summed E-state index contributed by atoms with van der Waals surface area (Å²) in [6, 6.07) is 15.9. The Balaban J connectivity index is 1.71. The average molecular weight is 376 g/mol. The highest BCUT2D eigenvalue weighted by Crippen LogP contribution is 2.22. The molecule has 0 saturated heterocycles. The van der Waals surface area contributed by atoms with Gasteiger partial charge in [-0.3, -0.25) is 4.79 Å². The number of hydrogen-bond donors (Lipinski definition) is 0. The number of methoxy groups -OCH3 is 2. The van der Waals surface area contributed by atoms with Crippen LogP contribution in [0.5, 0.6) is 11.5 Å². The minimum absolute atomic E-state index is 0.0491. The van der Waals surface area contributed by atoms with E-state index in [1.807, 2.05) is 18.2 Å². The van der Waals surface area contributed by atoms with Crippen molar-refractivity contribution in [3.63, 3.8) is 0 Å². The molecule has 0 N–H and O–H groups in total. The first-order valence-corrected chi connectivity index (χ1v) is 8.41. The summed E-state index contributed by atoms with van der Waals surface area (Å²) in [6.07, 6.45) is 1.57. The molecule has 0 amide bonds. The van der Waals surface area contributed by atoms with Crippen LogP contribution in [0.1, 0.15) is 0 Å². The normalized spacial score (nSPS) is 10.6. The van der Waals surface area contributed by atoms with Crippen molar-refractivity contribution in [2.75, 3.05) is 14.2 Å². The van der Waals surface area contributed by atoms with Gasteiger partial charge in [0.1, 0.15) is 11.5 Å². The predicted molar refractivity (Wildman–Crippen MR) is 102 cm³/mol. The molecule has 28 heavy (non-hydrogen) atoms. The smallest absolute Gasteiger partial charge is 0.282 e. The molecule has 0 aliphatic heterocycles. The van der Waals surface area contributed by atoms with Gasteiger partial charge in [-0.1, -0.05) is 11.2 Å². The van der Waals surface area contributed by atoms with Crippen molar-refractivity contribution in [3.05, 3.63) is 71.0 Å². The van der Waals surface area contributed by atoms with E-state index in [0.29, 0.717) is 11.6 Å². The minimum atomic E-state index is -0.316. The molecular weight excluding hydrogens is 360 g/mol. The second-order valence-electron chi connectivity index (χ2n) is 5.83. The molecule has 0 spiro atoms. The maximum absolute atomic E-state index is 12.3.